The molecule has 0 bridgehead atoms. The molecule has 0 unspecified atom stereocenters. The van der Waals surface area contributed by atoms with Gasteiger partial charge in [0, 0.05) is 32.4 Å². The number of rotatable bonds is 9. The molecule has 5 nitrogen and oxygen atoms in total. The smallest absolute Gasteiger partial charge is 0.213 e. The summed E-state index contributed by atoms with van der Waals surface area (Å²) in [5, 5.41) is 6.62. The molecule has 1 heterocycles. The monoisotopic (exact) mass is 306 g/mol. The van der Waals surface area contributed by atoms with Crippen LogP contribution in [0, 0.1) is 5.92 Å². The fourth-order valence-electron chi connectivity index (χ4n) is 1.93. The molecule has 0 amide bonds. The summed E-state index contributed by atoms with van der Waals surface area (Å²) >= 11 is 0. The average molecular weight is 306 g/mol. The molecule has 22 heavy (non-hydrogen) atoms. The van der Waals surface area contributed by atoms with E-state index in [4.69, 9.17) is 4.74 Å². The lowest BCUT2D eigenvalue weighted by molar-refractivity contribution is 0.305. The molecule has 0 spiro atoms. The van der Waals surface area contributed by atoms with Crippen molar-refractivity contribution in [3.63, 3.8) is 0 Å². The van der Waals surface area contributed by atoms with E-state index >= 15 is 0 Å². The molecule has 0 aromatic carbocycles. The Hall–Kier alpha value is -1.78. The fraction of sp³-hybridized carbons (Fsp3) is 0.647. The SMILES string of the molecule is CCCOc1ccc(CNC(=NC)NCCCC(C)C)cn1. The Morgan fingerprint density at radius 1 is 1.32 bits per heavy atom. The molecule has 2 N–H and O–H groups in total. The van der Waals surface area contributed by atoms with Gasteiger partial charge in [0.15, 0.2) is 5.96 Å². The quantitative estimate of drug-likeness (QED) is 0.418. The number of aromatic nitrogens is 1. The van der Waals surface area contributed by atoms with Crippen molar-refractivity contribution >= 4 is 5.96 Å². The number of guanidine groups is 1. The van der Waals surface area contributed by atoms with E-state index in [0.29, 0.717) is 19.0 Å². The molecule has 0 saturated carbocycles. The summed E-state index contributed by atoms with van der Waals surface area (Å²) in [4.78, 5) is 8.52. The molecule has 1 aromatic rings. The Kier molecular flexibility index (Phi) is 9.03. The first-order valence-electron chi connectivity index (χ1n) is 8.18. The van der Waals surface area contributed by atoms with Gasteiger partial charge >= 0.3 is 0 Å². The third-order valence-corrected chi connectivity index (χ3v) is 3.19. The normalized spacial score (nSPS) is 11.6. The molecule has 0 fully saturated rings. The van der Waals surface area contributed by atoms with Crippen LogP contribution in [0.2, 0.25) is 0 Å². The number of nitrogens with zero attached hydrogens (tertiary/aromatic N) is 2. The van der Waals surface area contributed by atoms with Gasteiger partial charge in [-0.25, -0.2) is 4.98 Å². The number of pyridine rings is 1. The maximum absolute atomic E-state index is 5.47. The van der Waals surface area contributed by atoms with Crippen molar-refractivity contribution in [3.8, 4) is 5.88 Å². The van der Waals surface area contributed by atoms with Crippen LogP contribution in [-0.4, -0.2) is 31.1 Å². The van der Waals surface area contributed by atoms with Crippen LogP contribution in [0.15, 0.2) is 23.3 Å². The van der Waals surface area contributed by atoms with Gasteiger partial charge in [-0.3, -0.25) is 4.99 Å². The zero-order valence-electron chi connectivity index (χ0n) is 14.4. The number of hydrogen-bond acceptors (Lipinski definition) is 3. The minimum Gasteiger partial charge on any atom is -0.478 e. The summed E-state index contributed by atoms with van der Waals surface area (Å²) in [6.07, 6.45) is 5.21. The second-order valence-electron chi connectivity index (χ2n) is 5.74. The first-order valence-corrected chi connectivity index (χ1v) is 8.18. The van der Waals surface area contributed by atoms with Crippen molar-refractivity contribution in [2.45, 2.75) is 46.6 Å². The van der Waals surface area contributed by atoms with Crippen molar-refractivity contribution in [2.75, 3.05) is 20.2 Å². The summed E-state index contributed by atoms with van der Waals surface area (Å²) in [5.74, 6) is 2.26. The maximum atomic E-state index is 5.47. The van der Waals surface area contributed by atoms with E-state index < -0.39 is 0 Å². The van der Waals surface area contributed by atoms with Gasteiger partial charge in [-0.2, -0.15) is 0 Å². The van der Waals surface area contributed by atoms with Crippen LogP contribution in [0.5, 0.6) is 5.88 Å². The molecule has 0 atom stereocenters. The molecular weight excluding hydrogens is 276 g/mol. The number of ether oxygens (including phenoxy) is 1. The lowest BCUT2D eigenvalue weighted by atomic mass is 10.1. The first-order chi connectivity index (χ1) is 10.7. The Morgan fingerprint density at radius 2 is 2.14 bits per heavy atom. The van der Waals surface area contributed by atoms with Gasteiger partial charge in [-0.05, 0) is 30.7 Å². The van der Waals surface area contributed by atoms with Gasteiger partial charge < -0.3 is 15.4 Å². The minimum atomic E-state index is 0.682. The van der Waals surface area contributed by atoms with Crippen molar-refractivity contribution in [1.82, 2.24) is 15.6 Å². The Balaban J connectivity index is 2.30. The van der Waals surface area contributed by atoms with Crippen molar-refractivity contribution in [3.05, 3.63) is 23.9 Å². The second-order valence-corrected chi connectivity index (χ2v) is 5.74. The Morgan fingerprint density at radius 3 is 2.73 bits per heavy atom. The average Bonchev–Trinajstić information content (AvgIpc) is 2.53. The van der Waals surface area contributed by atoms with E-state index in [1.165, 1.54) is 6.42 Å². The molecule has 0 aliphatic heterocycles. The Labute approximate surface area is 134 Å². The van der Waals surface area contributed by atoms with Gasteiger partial charge in [0.2, 0.25) is 5.88 Å². The van der Waals surface area contributed by atoms with E-state index in [-0.39, 0.29) is 0 Å². The van der Waals surface area contributed by atoms with E-state index in [1.807, 2.05) is 18.3 Å². The van der Waals surface area contributed by atoms with Gasteiger partial charge in [0.1, 0.15) is 0 Å². The summed E-state index contributed by atoms with van der Waals surface area (Å²) in [7, 11) is 1.79. The van der Waals surface area contributed by atoms with E-state index in [1.54, 1.807) is 7.05 Å². The molecule has 0 saturated heterocycles. The third kappa shape index (κ3) is 7.86. The predicted octanol–water partition coefficient (Wildman–Crippen LogP) is 2.97. The van der Waals surface area contributed by atoms with E-state index in [9.17, 15) is 0 Å². The van der Waals surface area contributed by atoms with Crippen molar-refractivity contribution in [1.29, 1.82) is 0 Å². The van der Waals surface area contributed by atoms with Crippen LogP contribution < -0.4 is 15.4 Å². The van der Waals surface area contributed by atoms with Crippen LogP contribution in [0.4, 0.5) is 0 Å². The molecular formula is C17H30N4O. The Bertz CT molecular complexity index is 429. The van der Waals surface area contributed by atoms with Crippen LogP contribution in [0.1, 0.15) is 45.6 Å². The van der Waals surface area contributed by atoms with Gasteiger partial charge in [0.25, 0.3) is 0 Å². The van der Waals surface area contributed by atoms with Crippen LogP contribution in [-0.2, 0) is 6.54 Å². The lowest BCUT2D eigenvalue weighted by Gasteiger charge is -2.12. The highest BCUT2D eigenvalue weighted by molar-refractivity contribution is 5.79. The van der Waals surface area contributed by atoms with Crippen LogP contribution >= 0.6 is 0 Å². The van der Waals surface area contributed by atoms with Crippen molar-refractivity contribution in [2.24, 2.45) is 10.9 Å². The largest absolute Gasteiger partial charge is 0.478 e. The summed E-state index contributed by atoms with van der Waals surface area (Å²) in [6.45, 7) is 8.92. The topological polar surface area (TPSA) is 58.5 Å². The highest BCUT2D eigenvalue weighted by atomic mass is 16.5. The fourth-order valence-corrected chi connectivity index (χ4v) is 1.93. The maximum Gasteiger partial charge on any atom is 0.213 e. The number of nitrogens with one attached hydrogen (secondary N) is 2. The molecule has 1 rings (SSSR count). The van der Waals surface area contributed by atoms with Crippen LogP contribution in [0.25, 0.3) is 0 Å². The third-order valence-electron chi connectivity index (χ3n) is 3.19. The predicted molar refractivity (Wildman–Crippen MR) is 92.3 cm³/mol. The zero-order valence-corrected chi connectivity index (χ0v) is 14.4. The summed E-state index contributed by atoms with van der Waals surface area (Å²) in [6, 6.07) is 3.93. The molecule has 0 aliphatic carbocycles. The second kappa shape index (κ2) is 10.9. The lowest BCUT2D eigenvalue weighted by Crippen LogP contribution is -2.37. The first kappa shape index (κ1) is 18.3. The molecule has 1 aromatic heterocycles. The van der Waals surface area contributed by atoms with E-state index in [0.717, 1.165) is 36.8 Å². The molecule has 0 radical (unpaired) electrons. The van der Waals surface area contributed by atoms with Gasteiger partial charge in [-0.1, -0.05) is 26.8 Å². The van der Waals surface area contributed by atoms with Crippen molar-refractivity contribution < 1.29 is 4.74 Å². The molecule has 5 heteroatoms. The minimum absolute atomic E-state index is 0.682. The van der Waals surface area contributed by atoms with Gasteiger partial charge in [-0.15, -0.1) is 0 Å². The highest BCUT2D eigenvalue weighted by Gasteiger charge is 2.00. The molecule has 124 valence electrons. The number of hydrogen-bond donors (Lipinski definition) is 2. The molecule has 0 aliphatic rings. The van der Waals surface area contributed by atoms with E-state index in [2.05, 4.69) is 41.4 Å². The summed E-state index contributed by atoms with van der Waals surface area (Å²) < 4.78 is 5.47. The van der Waals surface area contributed by atoms with Crippen LogP contribution in [0.3, 0.4) is 0 Å². The summed E-state index contributed by atoms with van der Waals surface area (Å²) in [5.41, 5.74) is 1.11. The standard InChI is InChI=1S/C17H30N4O/c1-5-11-22-16-9-8-15(12-20-16)13-21-17(18-4)19-10-6-7-14(2)3/h8-9,12,14H,5-7,10-11,13H2,1-4H3,(H2,18,19,21). The zero-order chi connectivity index (χ0) is 16.2. The highest BCUT2D eigenvalue weighted by Crippen LogP contribution is 2.07. The van der Waals surface area contributed by atoms with Gasteiger partial charge in [0.05, 0.1) is 6.61 Å². The number of aliphatic imine (C=N–C) groups is 1.